The quantitative estimate of drug-likeness (QED) is 0.544. The molecule has 1 aromatic carbocycles. The highest BCUT2D eigenvalue weighted by molar-refractivity contribution is 7.89. The predicted octanol–water partition coefficient (Wildman–Crippen LogP) is -0.147. The zero-order valence-electron chi connectivity index (χ0n) is 11.0. The van der Waals surface area contributed by atoms with Crippen molar-refractivity contribution in [2.24, 2.45) is 0 Å². The number of hydrogen-bond acceptors (Lipinski definition) is 5. The molecule has 0 fully saturated rings. The van der Waals surface area contributed by atoms with E-state index in [1.165, 1.54) is 19.1 Å². The second-order valence-corrected chi connectivity index (χ2v) is 6.46. The largest absolute Gasteiger partial charge is 0.398 e. The molecule has 19 heavy (non-hydrogen) atoms. The molecule has 1 aromatic rings. The van der Waals surface area contributed by atoms with Crippen molar-refractivity contribution in [2.75, 3.05) is 18.9 Å². The molecule has 0 bridgehead atoms. The Hall–Kier alpha value is -1.15. The summed E-state index contributed by atoms with van der Waals surface area (Å²) in [6.45, 7) is 2.45. The lowest BCUT2D eigenvalue weighted by Crippen LogP contribution is -2.43. The normalized spacial score (nSPS) is 15.2. The van der Waals surface area contributed by atoms with Crippen molar-refractivity contribution in [1.82, 2.24) is 4.72 Å². The van der Waals surface area contributed by atoms with Crippen molar-refractivity contribution >= 4 is 15.7 Å². The number of nitrogens with one attached hydrogen (secondary N) is 1. The third kappa shape index (κ3) is 4.17. The van der Waals surface area contributed by atoms with Gasteiger partial charge in [0.15, 0.2) is 0 Å². The van der Waals surface area contributed by atoms with Gasteiger partial charge in [-0.05, 0) is 31.0 Å². The first-order valence-electron chi connectivity index (χ1n) is 5.93. The first-order valence-corrected chi connectivity index (χ1v) is 7.41. The number of aryl methyl sites for hydroxylation is 1. The molecule has 0 aliphatic carbocycles. The molecule has 108 valence electrons. The van der Waals surface area contributed by atoms with Crippen molar-refractivity contribution in [3.8, 4) is 0 Å². The first kappa shape index (κ1) is 15.9. The van der Waals surface area contributed by atoms with Crippen LogP contribution in [0.4, 0.5) is 5.69 Å². The van der Waals surface area contributed by atoms with Gasteiger partial charge in [0.05, 0.1) is 17.1 Å². The molecule has 1 unspecified atom stereocenters. The highest BCUT2D eigenvalue weighted by Gasteiger charge is 2.23. The molecule has 7 heteroatoms. The van der Waals surface area contributed by atoms with Crippen LogP contribution in [0.25, 0.3) is 0 Å². The predicted molar refractivity (Wildman–Crippen MR) is 73.1 cm³/mol. The summed E-state index contributed by atoms with van der Waals surface area (Å²) >= 11 is 0. The Balaban J connectivity index is 2.92. The minimum atomic E-state index is -3.75. The zero-order chi connectivity index (χ0) is 14.7. The van der Waals surface area contributed by atoms with E-state index in [1.54, 1.807) is 6.07 Å². The molecule has 0 aromatic heterocycles. The Bertz CT molecular complexity index is 541. The number of nitrogens with two attached hydrogens (primary N) is 1. The average molecular weight is 288 g/mol. The van der Waals surface area contributed by atoms with Gasteiger partial charge in [-0.1, -0.05) is 13.0 Å². The van der Waals surface area contributed by atoms with Crippen LogP contribution in [0, 0.1) is 0 Å². The smallest absolute Gasteiger partial charge is 0.240 e. The van der Waals surface area contributed by atoms with Crippen LogP contribution in [0.1, 0.15) is 19.4 Å². The third-order valence-corrected chi connectivity index (χ3v) is 4.19. The van der Waals surface area contributed by atoms with Crippen LogP contribution in [0.2, 0.25) is 0 Å². The van der Waals surface area contributed by atoms with Crippen LogP contribution >= 0.6 is 0 Å². The Kier molecular flexibility index (Phi) is 4.92. The average Bonchev–Trinajstić information content (AvgIpc) is 2.36. The third-order valence-electron chi connectivity index (χ3n) is 2.79. The van der Waals surface area contributed by atoms with Crippen molar-refractivity contribution in [2.45, 2.75) is 30.8 Å². The molecule has 6 nitrogen and oxygen atoms in total. The van der Waals surface area contributed by atoms with Crippen LogP contribution in [-0.2, 0) is 16.4 Å². The van der Waals surface area contributed by atoms with Crippen LogP contribution < -0.4 is 10.5 Å². The summed E-state index contributed by atoms with van der Waals surface area (Å²) in [7, 11) is -3.75. The molecule has 0 aliphatic rings. The lowest BCUT2D eigenvalue weighted by molar-refractivity contribution is 0.00681. The Morgan fingerprint density at radius 3 is 2.53 bits per heavy atom. The number of anilines is 1. The summed E-state index contributed by atoms with van der Waals surface area (Å²) in [5, 5.41) is 18.4. The number of nitrogen functional groups attached to an aromatic ring is 1. The first-order chi connectivity index (χ1) is 8.72. The van der Waals surface area contributed by atoms with Gasteiger partial charge in [-0.25, -0.2) is 13.1 Å². The van der Waals surface area contributed by atoms with Gasteiger partial charge in [0.25, 0.3) is 0 Å². The summed E-state index contributed by atoms with van der Waals surface area (Å²) in [6, 6.07) is 4.51. The SMILES string of the molecule is CCc1ccc(S(=O)(=O)NCC(C)(O)CO)cc1N. The van der Waals surface area contributed by atoms with Gasteiger partial charge in [0.2, 0.25) is 10.0 Å². The van der Waals surface area contributed by atoms with E-state index in [1.807, 2.05) is 6.92 Å². The molecule has 0 aliphatic heterocycles. The second-order valence-electron chi connectivity index (χ2n) is 4.69. The van der Waals surface area contributed by atoms with E-state index < -0.39 is 22.2 Å². The van der Waals surface area contributed by atoms with E-state index in [0.29, 0.717) is 5.69 Å². The van der Waals surface area contributed by atoms with Crippen molar-refractivity contribution in [1.29, 1.82) is 0 Å². The number of aliphatic hydroxyl groups is 2. The molecule has 0 heterocycles. The van der Waals surface area contributed by atoms with E-state index in [0.717, 1.165) is 12.0 Å². The second kappa shape index (κ2) is 5.87. The van der Waals surface area contributed by atoms with Gasteiger partial charge < -0.3 is 15.9 Å². The standard InChI is InChI=1S/C12H20N2O4S/c1-3-9-4-5-10(6-11(9)13)19(17,18)14-7-12(2,16)8-15/h4-6,14-16H,3,7-8,13H2,1-2H3. The fourth-order valence-corrected chi connectivity index (χ4v) is 2.65. The molecule has 0 saturated heterocycles. The fourth-order valence-electron chi connectivity index (χ4n) is 1.45. The lowest BCUT2D eigenvalue weighted by Gasteiger charge is -2.20. The van der Waals surface area contributed by atoms with Crippen molar-refractivity contribution in [3.63, 3.8) is 0 Å². The molecule has 5 N–H and O–H groups in total. The monoisotopic (exact) mass is 288 g/mol. The number of benzene rings is 1. The molecular weight excluding hydrogens is 268 g/mol. The number of aliphatic hydroxyl groups excluding tert-OH is 1. The molecule has 1 rings (SSSR count). The number of rotatable bonds is 6. The van der Waals surface area contributed by atoms with Crippen molar-refractivity contribution < 1.29 is 18.6 Å². The van der Waals surface area contributed by atoms with E-state index >= 15 is 0 Å². The van der Waals surface area contributed by atoms with Gasteiger partial charge in [-0.3, -0.25) is 0 Å². The molecular formula is C12H20N2O4S. The van der Waals surface area contributed by atoms with E-state index in [9.17, 15) is 13.5 Å². The number of sulfonamides is 1. The molecule has 0 spiro atoms. The molecule has 0 saturated carbocycles. The van der Waals surface area contributed by atoms with Crippen molar-refractivity contribution in [3.05, 3.63) is 23.8 Å². The summed E-state index contributed by atoms with van der Waals surface area (Å²) < 4.78 is 26.2. The highest BCUT2D eigenvalue weighted by Crippen LogP contribution is 2.18. The van der Waals surface area contributed by atoms with E-state index in [4.69, 9.17) is 10.8 Å². The number of hydrogen-bond donors (Lipinski definition) is 4. The maximum atomic E-state index is 12.0. The van der Waals surface area contributed by atoms with E-state index in [2.05, 4.69) is 4.72 Å². The fraction of sp³-hybridized carbons (Fsp3) is 0.500. The van der Waals surface area contributed by atoms with E-state index in [-0.39, 0.29) is 11.4 Å². The van der Waals surface area contributed by atoms with Crippen LogP contribution in [0.5, 0.6) is 0 Å². The Morgan fingerprint density at radius 1 is 1.42 bits per heavy atom. The van der Waals surface area contributed by atoms with Gasteiger partial charge >= 0.3 is 0 Å². The van der Waals surface area contributed by atoms with Crippen LogP contribution in [-0.4, -0.2) is 37.4 Å². The van der Waals surface area contributed by atoms with Crippen LogP contribution in [0.15, 0.2) is 23.1 Å². The minimum absolute atomic E-state index is 0.0379. The minimum Gasteiger partial charge on any atom is -0.398 e. The molecule has 1 atom stereocenters. The maximum Gasteiger partial charge on any atom is 0.240 e. The lowest BCUT2D eigenvalue weighted by atomic mass is 10.1. The Labute approximate surface area is 113 Å². The summed E-state index contributed by atoms with van der Waals surface area (Å²) in [5.41, 5.74) is 5.55. The summed E-state index contributed by atoms with van der Waals surface area (Å²) in [5.74, 6) is 0. The van der Waals surface area contributed by atoms with Gasteiger partial charge in [0, 0.05) is 12.2 Å². The van der Waals surface area contributed by atoms with Gasteiger partial charge in [-0.15, -0.1) is 0 Å². The zero-order valence-corrected chi connectivity index (χ0v) is 11.9. The molecule has 0 amide bonds. The highest BCUT2D eigenvalue weighted by atomic mass is 32.2. The Morgan fingerprint density at radius 2 is 2.05 bits per heavy atom. The summed E-state index contributed by atoms with van der Waals surface area (Å²) in [6.07, 6.45) is 0.721. The van der Waals surface area contributed by atoms with Gasteiger partial charge in [-0.2, -0.15) is 0 Å². The van der Waals surface area contributed by atoms with Crippen LogP contribution in [0.3, 0.4) is 0 Å². The summed E-state index contributed by atoms with van der Waals surface area (Å²) in [4.78, 5) is 0.0379. The maximum absolute atomic E-state index is 12.0. The molecule has 0 radical (unpaired) electrons. The topological polar surface area (TPSA) is 113 Å². The van der Waals surface area contributed by atoms with Gasteiger partial charge in [0.1, 0.15) is 0 Å².